The van der Waals surface area contributed by atoms with Gasteiger partial charge in [0.25, 0.3) is 0 Å². The summed E-state index contributed by atoms with van der Waals surface area (Å²) in [5.41, 5.74) is 1.95. The van der Waals surface area contributed by atoms with Crippen LogP contribution in [0.25, 0.3) is 0 Å². The fourth-order valence-corrected chi connectivity index (χ4v) is 5.35. The zero-order valence-corrected chi connectivity index (χ0v) is 14.1. The van der Waals surface area contributed by atoms with Crippen LogP contribution in [0.15, 0.2) is 5.38 Å². The number of aromatic nitrogens is 1. The van der Waals surface area contributed by atoms with Gasteiger partial charge in [0.15, 0.2) is 0 Å². The van der Waals surface area contributed by atoms with Gasteiger partial charge in [-0.25, -0.2) is 4.98 Å². The summed E-state index contributed by atoms with van der Waals surface area (Å²) in [7, 11) is 0. The van der Waals surface area contributed by atoms with E-state index in [0.29, 0.717) is 10.8 Å². The second kappa shape index (κ2) is 4.85. The zero-order chi connectivity index (χ0) is 14.3. The minimum atomic E-state index is 0.0684. The molecule has 0 saturated heterocycles. The van der Waals surface area contributed by atoms with Gasteiger partial charge in [0.2, 0.25) is 0 Å². The molecule has 2 rings (SSSR count). The Morgan fingerprint density at radius 2 is 1.74 bits per heavy atom. The molecule has 1 fully saturated rings. The first-order chi connectivity index (χ1) is 8.68. The molecule has 1 aliphatic rings. The summed E-state index contributed by atoms with van der Waals surface area (Å²) in [5.74, 6) is 0. The number of rotatable bonds is 3. The van der Waals surface area contributed by atoms with Gasteiger partial charge in [-0.05, 0) is 43.6 Å². The summed E-state index contributed by atoms with van der Waals surface area (Å²) < 4.78 is 0. The monoisotopic (exact) mass is 280 g/mol. The van der Waals surface area contributed by atoms with E-state index in [0.717, 1.165) is 12.2 Å². The van der Waals surface area contributed by atoms with Crippen LogP contribution in [0, 0.1) is 17.8 Å². The van der Waals surface area contributed by atoms with E-state index in [-0.39, 0.29) is 5.54 Å². The summed E-state index contributed by atoms with van der Waals surface area (Å²) in [6, 6.07) is 0. The maximum atomic E-state index is 4.81. The minimum absolute atomic E-state index is 0.0684. The van der Waals surface area contributed by atoms with Gasteiger partial charge in [0, 0.05) is 11.1 Å². The molecule has 19 heavy (non-hydrogen) atoms. The van der Waals surface area contributed by atoms with E-state index in [9.17, 15) is 0 Å². The van der Waals surface area contributed by atoms with Crippen LogP contribution in [0.3, 0.4) is 0 Å². The molecule has 0 radical (unpaired) electrons. The largest absolute Gasteiger partial charge is 0.306 e. The van der Waals surface area contributed by atoms with Crippen LogP contribution in [-0.2, 0) is 5.54 Å². The van der Waals surface area contributed by atoms with Crippen LogP contribution in [-0.4, -0.2) is 11.5 Å². The number of aryl methyl sites for hydroxylation is 1. The van der Waals surface area contributed by atoms with Crippen molar-refractivity contribution in [1.29, 1.82) is 0 Å². The van der Waals surface area contributed by atoms with Crippen molar-refractivity contribution in [2.24, 2.45) is 10.8 Å². The Labute approximate surface area is 122 Å². The first-order valence-electron chi connectivity index (χ1n) is 7.36. The van der Waals surface area contributed by atoms with Gasteiger partial charge < -0.3 is 5.32 Å². The van der Waals surface area contributed by atoms with E-state index in [4.69, 9.17) is 4.98 Å². The first kappa shape index (κ1) is 15.0. The van der Waals surface area contributed by atoms with Crippen molar-refractivity contribution in [2.45, 2.75) is 66.3 Å². The summed E-state index contributed by atoms with van der Waals surface area (Å²) in [4.78, 5) is 4.81. The van der Waals surface area contributed by atoms with Gasteiger partial charge in [0.05, 0.1) is 5.54 Å². The third-order valence-electron chi connectivity index (χ3n) is 4.06. The maximum Gasteiger partial charge on any atom is 0.113 e. The summed E-state index contributed by atoms with van der Waals surface area (Å²) in [6.07, 6.45) is 3.66. The van der Waals surface area contributed by atoms with Gasteiger partial charge in [0.1, 0.15) is 5.01 Å². The Morgan fingerprint density at radius 1 is 1.16 bits per heavy atom. The Balaban J connectivity index is 2.43. The highest BCUT2D eigenvalue weighted by molar-refractivity contribution is 7.09. The maximum absolute atomic E-state index is 4.81. The standard InChI is InChI=1S/C16H28N2S/c1-7-17-16(13-18-12(2)8-19-13)10-14(3,4)9-15(5,6)11-16/h8,17H,7,9-11H2,1-6H3. The number of nitrogens with zero attached hydrogens (tertiary/aromatic N) is 1. The third-order valence-corrected chi connectivity index (χ3v) is 5.23. The normalized spacial score (nSPS) is 24.3. The van der Waals surface area contributed by atoms with Crippen LogP contribution in [0.4, 0.5) is 0 Å². The van der Waals surface area contributed by atoms with Crippen molar-refractivity contribution in [1.82, 2.24) is 10.3 Å². The molecule has 0 aromatic carbocycles. The number of thiazole rings is 1. The van der Waals surface area contributed by atoms with Crippen molar-refractivity contribution in [3.05, 3.63) is 16.1 Å². The molecule has 1 aromatic rings. The van der Waals surface area contributed by atoms with Gasteiger partial charge in [-0.15, -0.1) is 11.3 Å². The molecule has 3 heteroatoms. The lowest BCUT2D eigenvalue weighted by Crippen LogP contribution is -2.52. The topological polar surface area (TPSA) is 24.9 Å². The summed E-state index contributed by atoms with van der Waals surface area (Å²) >= 11 is 1.82. The number of hydrogen-bond donors (Lipinski definition) is 1. The smallest absolute Gasteiger partial charge is 0.113 e. The van der Waals surface area contributed by atoms with Crippen LogP contribution in [0.2, 0.25) is 0 Å². The highest BCUT2D eigenvalue weighted by Gasteiger charge is 2.49. The average Bonchev–Trinajstić information content (AvgIpc) is 2.60. The quantitative estimate of drug-likeness (QED) is 0.882. The van der Waals surface area contributed by atoms with Gasteiger partial charge in [-0.3, -0.25) is 0 Å². The second-order valence-electron chi connectivity index (χ2n) is 7.77. The van der Waals surface area contributed by atoms with E-state index < -0.39 is 0 Å². The van der Waals surface area contributed by atoms with Crippen molar-refractivity contribution >= 4 is 11.3 Å². The van der Waals surface area contributed by atoms with E-state index in [2.05, 4.69) is 52.2 Å². The van der Waals surface area contributed by atoms with E-state index in [1.54, 1.807) is 0 Å². The lowest BCUT2D eigenvalue weighted by Gasteiger charge is -2.51. The van der Waals surface area contributed by atoms with Crippen molar-refractivity contribution < 1.29 is 0 Å². The predicted octanol–water partition coefficient (Wildman–Crippen LogP) is 4.49. The third kappa shape index (κ3) is 3.19. The van der Waals surface area contributed by atoms with Crippen LogP contribution in [0.5, 0.6) is 0 Å². The van der Waals surface area contributed by atoms with Crippen molar-refractivity contribution in [3.8, 4) is 0 Å². The fourth-order valence-electron chi connectivity index (χ4n) is 4.38. The van der Waals surface area contributed by atoms with E-state index in [1.165, 1.54) is 24.3 Å². The SMILES string of the molecule is CCNC1(c2nc(C)cs2)CC(C)(C)CC(C)(C)C1. The average molecular weight is 280 g/mol. The molecule has 0 bridgehead atoms. The minimum Gasteiger partial charge on any atom is -0.306 e. The molecule has 2 nitrogen and oxygen atoms in total. The molecule has 1 saturated carbocycles. The number of hydrogen-bond acceptors (Lipinski definition) is 3. The molecule has 0 atom stereocenters. The zero-order valence-electron chi connectivity index (χ0n) is 13.3. The molecule has 1 aliphatic carbocycles. The first-order valence-corrected chi connectivity index (χ1v) is 8.24. The molecule has 1 heterocycles. The van der Waals surface area contributed by atoms with Crippen LogP contribution >= 0.6 is 11.3 Å². The molecule has 0 amide bonds. The Bertz CT molecular complexity index is 429. The lowest BCUT2D eigenvalue weighted by molar-refractivity contribution is 0.0267. The molecule has 0 spiro atoms. The molecule has 0 unspecified atom stereocenters. The second-order valence-corrected chi connectivity index (χ2v) is 8.62. The lowest BCUT2D eigenvalue weighted by atomic mass is 9.58. The fraction of sp³-hybridized carbons (Fsp3) is 0.812. The van der Waals surface area contributed by atoms with Crippen LogP contribution < -0.4 is 5.32 Å². The van der Waals surface area contributed by atoms with E-state index >= 15 is 0 Å². The predicted molar refractivity (Wildman–Crippen MR) is 83.6 cm³/mol. The van der Waals surface area contributed by atoms with Gasteiger partial charge in [-0.1, -0.05) is 34.6 Å². The highest BCUT2D eigenvalue weighted by atomic mass is 32.1. The molecule has 1 N–H and O–H groups in total. The summed E-state index contributed by atoms with van der Waals surface area (Å²) in [6.45, 7) is 14.9. The Morgan fingerprint density at radius 3 is 2.16 bits per heavy atom. The molecule has 0 aliphatic heterocycles. The Kier molecular flexibility index (Phi) is 3.83. The summed E-state index contributed by atoms with van der Waals surface area (Å²) in [5, 5.41) is 7.26. The molecule has 1 aromatic heterocycles. The van der Waals surface area contributed by atoms with Crippen LogP contribution in [0.1, 0.15) is 64.6 Å². The van der Waals surface area contributed by atoms with E-state index in [1.807, 2.05) is 11.3 Å². The van der Waals surface area contributed by atoms with Crippen molar-refractivity contribution in [2.75, 3.05) is 6.54 Å². The van der Waals surface area contributed by atoms with Crippen molar-refractivity contribution in [3.63, 3.8) is 0 Å². The molecule has 108 valence electrons. The Hall–Kier alpha value is -0.410. The number of nitrogens with one attached hydrogen (secondary N) is 1. The molecular weight excluding hydrogens is 252 g/mol. The van der Waals surface area contributed by atoms with Gasteiger partial charge in [-0.2, -0.15) is 0 Å². The highest BCUT2D eigenvalue weighted by Crippen LogP contribution is 2.54. The van der Waals surface area contributed by atoms with Gasteiger partial charge >= 0.3 is 0 Å². The molecular formula is C16H28N2S.